The Bertz CT molecular complexity index is 22.4. The third kappa shape index (κ3) is 487. The zero-order chi connectivity index (χ0) is 4.50. The Kier molecular flexibility index (Phi) is 1.17. The molecule has 0 rings (SSSR count). The van der Waals surface area contributed by atoms with Gasteiger partial charge in [0.1, 0.15) is 0 Å². The van der Waals surface area contributed by atoms with Gasteiger partial charge in [-0.1, -0.05) is 0 Å². The summed E-state index contributed by atoms with van der Waals surface area (Å²) in [4.78, 5) is 0. The number of halogens is 3. The molecule has 0 aliphatic heterocycles. The van der Waals surface area contributed by atoms with Gasteiger partial charge in [0.05, 0.1) is 0 Å². The summed E-state index contributed by atoms with van der Waals surface area (Å²) in [5.41, 5.74) is 0. The van der Waals surface area contributed by atoms with Gasteiger partial charge in [-0.2, -0.15) is 0 Å². The Morgan fingerprint density at radius 1 is 1.20 bits per heavy atom. The van der Waals surface area contributed by atoms with Crippen LogP contribution in [-0.4, -0.2) is 7.12 Å². The van der Waals surface area contributed by atoms with Gasteiger partial charge >= 0.3 is 0 Å². The Hall–Kier alpha value is 0.205. The molecule has 0 aliphatic rings. The van der Waals surface area contributed by atoms with Crippen molar-refractivity contribution in [1.29, 1.82) is 0 Å². The molecule has 0 amide bonds. The molecule has 0 unspecified atom stereocenters. The lowest BCUT2D eigenvalue weighted by Crippen LogP contribution is -1.62. The summed E-state index contributed by atoms with van der Waals surface area (Å²) >= 11 is -4.67. The highest BCUT2D eigenvalue weighted by Crippen LogP contribution is 2.47. The Morgan fingerprint density at radius 2 is 1.20 bits per heavy atom. The molecule has 5 heteroatoms. The lowest BCUT2D eigenvalue weighted by molar-refractivity contribution is 0.664. The third-order valence-electron chi connectivity index (χ3n) is 0. The molecule has 0 aromatic heterocycles. The molecule has 0 fully saturated rings. The Balaban J connectivity index is 3.02. The summed E-state index contributed by atoms with van der Waals surface area (Å²) in [5, 5.41) is 0. The summed E-state index contributed by atoms with van der Waals surface area (Å²) in [5.74, 6) is 0. The minimum atomic E-state index is -4.67. The SMILES string of the molecule is BS(F)(F)F. The van der Waals surface area contributed by atoms with Crippen molar-refractivity contribution in [2.75, 3.05) is 0 Å². The van der Waals surface area contributed by atoms with E-state index in [2.05, 4.69) is 0 Å². The fourth-order valence-corrected chi connectivity index (χ4v) is 0. The van der Waals surface area contributed by atoms with Crippen molar-refractivity contribution in [3.05, 3.63) is 0 Å². The van der Waals surface area contributed by atoms with Crippen molar-refractivity contribution in [3.8, 4) is 0 Å². The molecule has 0 heterocycles. The first-order valence-corrected chi connectivity index (χ1v) is 2.61. The van der Waals surface area contributed by atoms with Gasteiger partial charge in [-0.3, -0.25) is 0 Å². The normalized spacial score (nSPS) is 15.0. The van der Waals surface area contributed by atoms with E-state index >= 15 is 0 Å². The van der Waals surface area contributed by atoms with E-state index in [0.717, 1.165) is 0 Å². The van der Waals surface area contributed by atoms with Gasteiger partial charge in [0.15, 0.2) is 11.0 Å². The highest BCUT2D eigenvalue weighted by Gasteiger charge is 2.07. The molecule has 0 aromatic carbocycles. The van der Waals surface area contributed by atoms with Gasteiger partial charge in [0.25, 0.3) is 7.12 Å². The van der Waals surface area contributed by atoms with Gasteiger partial charge in [0, 0.05) is 0 Å². The largest absolute Gasteiger partial charge is 0.269 e. The topological polar surface area (TPSA) is 0 Å². The van der Waals surface area contributed by atoms with Gasteiger partial charge in [-0.25, -0.2) is 0 Å². The molecule has 0 radical (unpaired) electrons. The van der Waals surface area contributed by atoms with Gasteiger partial charge in [-0.05, 0) is 0 Å². The van der Waals surface area contributed by atoms with Crippen molar-refractivity contribution < 1.29 is 11.7 Å². The minimum absolute atomic E-state index is 0.271. The Labute approximate surface area is 30.9 Å². The highest BCUT2D eigenvalue weighted by atomic mass is 32.3. The van der Waals surface area contributed by atoms with Gasteiger partial charge in [-0.15, -0.1) is 11.7 Å². The van der Waals surface area contributed by atoms with E-state index in [1.54, 1.807) is 0 Å². The van der Waals surface area contributed by atoms with E-state index in [1.165, 1.54) is 0 Å². The first kappa shape index (κ1) is 5.20. The van der Waals surface area contributed by atoms with E-state index in [0.29, 0.717) is 0 Å². The first-order valence-electron chi connectivity index (χ1n) is 0.871. The average molecular weight is 102 g/mol. The zero-order valence-corrected chi connectivity index (χ0v) is 3.36. The van der Waals surface area contributed by atoms with Gasteiger partial charge in [0.2, 0.25) is 0 Å². The zero-order valence-electron chi connectivity index (χ0n) is 2.54. The fourth-order valence-electron chi connectivity index (χ4n) is 0. The predicted molar refractivity (Wildman–Crippen MR) is 19.5 cm³/mol. The lowest BCUT2D eigenvalue weighted by Gasteiger charge is -1.95. The molecule has 0 bridgehead atoms. The summed E-state index contributed by atoms with van der Waals surface area (Å²) in [6.07, 6.45) is 0. The molecular formula is H2BF3S. The molecule has 0 saturated heterocycles. The van der Waals surface area contributed by atoms with Crippen LogP contribution in [0.5, 0.6) is 0 Å². The second-order valence-electron chi connectivity index (χ2n) is 0.638. The van der Waals surface area contributed by atoms with E-state index in [1.807, 2.05) is 0 Å². The number of rotatable bonds is 0. The summed E-state index contributed by atoms with van der Waals surface area (Å²) < 4.78 is 31.3. The summed E-state index contributed by atoms with van der Waals surface area (Å²) in [6, 6.07) is 0. The number of hydrogen-bond acceptors (Lipinski definition) is 0. The van der Waals surface area contributed by atoms with Crippen molar-refractivity contribution >= 4 is 18.2 Å². The molecule has 0 N–H and O–H groups in total. The molecule has 0 aromatic rings. The summed E-state index contributed by atoms with van der Waals surface area (Å²) in [6.45, 7) is 0. The summed E-state index contributed by atoms with van der Waals surface area (Å²) in [7, 11) is 0.271. The molecule has 0 nitrogen and oxygen atoms in total. The van der Waals surface area contributed by atoms with E-state index in [4.69, 9.17) is 0 Å². The van der Waals surface area contributed by atoms with Crippen molar-refractivity contribution in [2.45, 2.75) is 0 Å². The highest BCUT2D eigenvalue weighted by molar-refractivity contribution is 8.38. The molecule has 0 spiro atoms. The van der Waals surface area contributed by atoms with Crippen LogP contribution in [0.25, 0.3) is 0 Å². The lowest BCUT2D eigenvalue weighted by atomic mass is 10.8. The Morgan fingerprint density at radius 3 is 1.20 bits per heavy atom. The molecule has 5 heavy (non-hydrogen) atoms. The first-order chi connectivity index (χ1) is 2.00. The van der Waals surface area contributed by atoms with Crippen LogP contribution in [-0.2, 0) is 0 Å². The minimum Gasteiger partial charge on any atom is -0.139 e. The second-order valence-corrected chi connectivity index (χ2v) is 1.91. The maximum atomic E-state index is 10.4. The van der Waals surface area contributed by atoms with Crippen LogP contribution in [0.15, 0.2) is 0 Å². The van der Waals surface area contributed by atoms with Crippen LogP contribution >= 0.6 is 11.0 Å². The monoisotopic (exact) mass is 102 g/mol. The quantitative estimate of drug-likeness (QED) is 0.400. The van der Waals surface area contributed by atoms with E-state index < -0.39 is 11.0 Å². The van der Waals surface area contributed by atoms with Crippen LogP contribution in [0.4, 0.5) is 11.7 Å². The molecule has 32 valence electrons. The fraction of sp³-hybridized carbons (Fsp3) is 0. The van der Waals surface area contributed by atoms with Crippen LogP contribution in [0.1, 0.15) is 0 Å². The van der Waals surface area contributed by atoms with Crippen LogP contribution in [0.3, 0.4) is 0 Å². The average Bonchev–Trinajstić information content (AvgIpc) is 0.722. The standard InChI is InChI=1S/BF3H2S/c1-5(2,3)4/h1H2. The molecular weight excluding hydrogens is 99.9 g/mol. The van der Waals surface area contributed by atoms with E-state index in [9.17, 15) is 11.7 Å². The molecule has 0 saturated carbocycles. The third-order valence-corrected chi connectivity index (χ3v) is 0. The van der Waals surface area contributed by atoms with Gasteiger partial charge < -0.3 is 0 Å². The van der Waals surface area contributed by atoms with Crippen LogP contribution in [0, 0.1) is 0 Å². The van der Waals surface area contributed by atoms with Crippen molar-refractivity contribution in [3.63, 3.8) is 0 Å². The number of hydrogen-bond donors (Lipinski definition) is 0. The second kappa shape index (κ2) is 1.12. The maximum absolute atomic E-state index is 10.4. The van der Waals surface area contributed by atoms with E-state index in [-0.39, 0.29) is 7.12 Å². The van der Waals surface area contributed by atoms with Crippen molar-refractivity contribution in [2.24, 2.45) is 0 Å². The molecule has 0 atom stereocenters. The van der Waals surface area contributed by atoms with Crippen LogP contribution in [0.2, 0.25) is 0 Å². The van der Waals surface area contributed by atoms with Crippen molar-refractivity contribution in [1.82, 2.24) is 0 Å². The predicted octanol–water partition coefficient (Wildman–Crippen LogP) is 0.993. The molecule has 0 aliphatic carbocycles. The smallest absolute Gasteiger partial charge is 0.139 e. The van der Waals surface area contributed by atoms with Crippen LogP contribution < -0.4 is 0 Å². The maximum Gasteiger partial charge on any atom is 0.269 e.